The molecule has 0 heterocycles. The normalized spacial score (nSPS) is 11.0. The number of phenols is 1. The number of ether oxygens (including phenoxy) is 1. The van der Waals surface area contributed by atoms with Gasteiger partial charge in [-0.1, -0.05) is 42.5 Å². The standard InChI is InChI=1S/C25H19NO6S/c27-24-16-19(11-14-23(24)25(28)29)26-33(30,31)22-8-4-5-18(15-22)17-9-12-21(13-10-17)32-20-6-2-1-3-7-20/h1-16,26-27H,(H,28,29). The molecule has 0 aliphatic carbocycles. The van der Waals surface area contributed by atoms with Crippen molar-refractivity contribution >= 4 is 21.7 Å². The van der Waals surface area contributed by atoms with E-state index in [-0.39, 0.29) is 16.1 Å². The molecule has 0 amide bonds. The quantitative estimate of drug-likeness (QED) is 0.342. The van der Waals surface area contributed by atoms with E-state index in [1.54, 1.807) is 24.3 Å². The van der Waals surface area contributed by atoms with Crippen LogP contribution in [-0.4, -0.2) is 24.6 Å². The Morgan fingerprint density at radius 2 is 1.45 bits per heavy atom. The Balaban J connectivity index is 1.54. The molecule has 0 saturated carbocycles. The van der Waals surface area contributed by atoms with Crippen molar-refractivity contribution in [1.29, 1.82) is 0 Å². The highest BCUT2D eigenvalue weighted by Gasteiger charge is 2.17. The summed E-state index contributed by atoms with van der Waals surface area (Å²) in [5.74, 6) is -0.476. The Hall–Kier alpha value is -4.30. The minimum absolute atomic E-state index is 0.0198. The van der Waals surface area contributed by atoms with Crippen molar-refractivity contribution in [3.8, 4) is 28.4 Å². The van der Waals surface area contributed by atoms with E-state index in [9.17, 15) is 18.3 Å². The summed E-state index contributed by atoms with van der Waals surface area (Å²) in [5.41, 5.74) is 1.22. The molecule has 0 saturated heterocycles. The van der Waals surface area contributed by atoms with Crippen LogP contribution in [0.15, 0.2) is 102 Å². The number of carboxylic acids is 1. The van der Waals surface area contributed by atoms with Crippen LogP contribution in [0, 0.1) is 0 Å². The molecule has 3 N–H and O–H groups in total. The molecule has 8 heteroatoms. The Morgan fingerprint density at radius 1 is 0.758 bits per heavy atom. The summed E-state index contributed by atoms with van der Waals surface area (Å²) in [6.07, 6.45) is 0. The van der Waals surface area contributed by atoms with Crippen LogP contribution in [0.4, 0.5) is 5.69 Å². The highest BCUT2D eigenvalue weighted by molar-refractivity contribution is 7.92. The lowest BCUT2D eigenvalue weighted by Gasteiger charge is -2.11. The van der Waals surface area contributed by atoms with Gasteiger partial charge in [0.15, 0.2) is 0 Å². The van der Waals surface area contributed by atoms with Crippen molar-refractivity contribution in [2.75, 3.05) is 4.72 Å². The van der Waals surface area contributed by atoms with Gasteiger partial charge in [-0.15, -0.1) is 0 Å². The summed E-state index contributed by atoms with van der Waals surface area (Å²) >= 11 is 0. The first-order valence-electron chi connectivity index (χ1n) is 9.84. The molecule has 0 radical (unpaired) electrons. The lowest BCUT2D eigenvalue weighted by Crippen LogP contribution is -2.13. The lowest BCUT2D eigenvalue weighted by molar-refractivity contribution is 0.0693. The molecule has 4 rings (SSSR count). The predicted molar refractivity (Wildman–Crippen MR) is 124 cm³/mol. The van der Waals surface area contributed by atoms with Crippen LogP contribution in [0.2, 0.25) is 0 Å². The van der Waals surface area contributed by atoms with Gasteiger partial charge in [0.25, 0.3) is 10.0 Å². The van der Waals surface area contributed by atoms with Crippen LogP contribution < -0.4 is 9.46 Å². The minimum atomic E-state index is -3.98. The highest BCUT2D eigenvalue weighted by atomic mass is 32.2. The van der Waals surface area contributed by atoms with Crippen LogP contribution >= 0.6 is 0 Å². The largest absolute Gasteiger partial charge is 0.507 e. The Kier molecular flexibility index (Phi) is 6.01. The molecule has 0 unspecified atom stereocenters. The van der Waals surface area contributed by atoms with E-state index in [1.165, 1.54) is 18.2 Å². The van der Waals surface area contributed by atoms with Crippen molar-refractivity contribution in [1.82, 2.24) is 0 Å². The highest BCUT2D eigenvalue weighted by Crippen LogP contribution is 2.28. The van der Waals surface area contributed by atoms with E-state index in [1.807, 2.05) is 42.5 Å². The zero-order valence-electron chi connectivity index (χ0n) is 17.2. The molecular formula is C25H19NO6S. The summed E-state index contributed by atoms with van der Waals surface area (Å²) in [6, 6.07) is 26.5. The van der Waals surface area contributed by atoms with Crippen LogP contribution in [0.3, 0.4) is 0 Å². The van der Waals surface area contributed by atoms with E-state index < -0.39 is 21.7 Å². The number of anilines is 1. The van der Waals surface area contributed by atoms with E-state index in [4.69, 9.17) is 9.84 Å². The molecule has 0 aliphatic rings. The molecule has 0 fully saturated rings. The number of benzene rings is 4. The van der Waals surface area contributed by atoms with Crippen molar-refractivity contribution in [2.45, 2.75) is 4.90 Å². The van der Waals surface area contributed by atoms with E-state index in [0.29, 0.717) is 17.1 Å². The van der Waals surface area contributed by atoms with Gasteiger partial charge in [-0.2, -0.15) is 0 Å². The van der Waals surface area contributed by atoms with Gasteiger partial charge in [0.2, 0.25) is 0 Å². The zero-order chi connectivity index (χ0) is 23.4. The Labute approximate surface area is 190 Å². The topological polar surface area (TPSA) is 113 Å². The van der Waals surface area contributed by atoms with Gasteiger partial charge in [0, 0.05) is 6.07 Å². The SMILES string of the molecule is O=C(O)c1ccc(NS(=O)(=O)c2cccc(-c3ccc(Oc4ccccc4)cc3)c2)cc1O. The average molecular weight is 461 g/mol. The molecule has 7 nitrogen and oxygen atoms in total. The van der Waals surface area contributed by atoms with E-state index in [0.717, 1.165) is 17.7 Å². The van der Waals surface area contributed by atoms with Gasteiger partial charge in [-0.05, 0) is 59.7 Å². The first-order valence-corrected chi connectivity index (χ1v) is 11.3. The van der Waals surface area contributed by atoms with Crippen molar-refractivity contribution < 1.29 is 28.2 Å². The molecule has 0 atom stereocenters. The monoisotopic (exact) mass is 461 g/mol. The first-order chi connectivity index (χ1) is 15.8. The molecule has 0 aromatic heterocycles. The molecule has 0 bridgehead atoms. The Bertz CT molecular complexity index is 1400. The fourth-order valence-electron chi connectivity index (χ4n) is 3.17. The maximum atomic E-state index is 12.8. The Morgan fingerprint density at radius 3 is 2.12 bits per heavy atom. The number of nitrogens with one attached hydrogen (secondary N) is 1. The van der Waals surface area contributed by atoms with Crippen molar-refractivity contribution in [3.05, 3.63) is 103 Å². The smallest absolute Gasteiger partial charge is 0.339 e. The van der Waals surface area contributed by atoms with Crippen LogP contribution in [0.25, 0.3) is 11.1 Å². The second-order valence-electron chi connectivity index (χ2n) is 7.11. The van der Waals surface area contributed by atoms with Crippen LogP contribution in [-0.2, 0) is 10.0 Å². The molecule has 4 aromatic carbocycles. The zero-order valence-corrected chi connectivity index (χ0v) is 18.0. The number of carbonyl (C=O) groups is 1. The van der Waals surface area contributed by atoms with Gasteiger partial charge < -0.3 is 14.9 Å². The van der Waals surface area contributed by atoms with Gasteiger partial charge in [0.1, 0.15) is 22.8 Å². The van der Waals surface area contributed by atoms with E-state index in [2.05, 4.69) is 4.72 Å². The third kappa shape index (κ3) is 5.13. The average Bonchev–Trinajstić information content (AvgIpc) is 2.80. The molecular weight excluding hydrogens is 442 g/mol. The van der Waals surface area contributed by atoms with Gasteiger partial charge in [-0.3, -0.25) is 4.72 Å². The van der Waals surface area contributed by atoms with Gasteiger partial charge in [0.05, 0.1) is 10.6 Å². The summed E-state index contributed by atoms with van der Waals surface area (Å²) in [6.45, 7) is 0. The summed E-state index contributed by atoms with van der Waals surface area (Å²) in [7, 11) is -3.98. The molecule has 0 spiro atoms. The molecule has 166 valence electrons. The number of hydrogen-bond donors (Lipinski definition) is 3. The number of aromatic hydroxyl groups is 1. The summed E-state index contributed by atoms with van der Waals surface area (Å²) in [4.78, 5) is 11.0. The van der Waals surface area contributed by atoms with Gasteiger partial charge >= 0.3 is 5.97 Å². The van der Waals surface area contributed by atoms with Crippen molar-refractivity contribution in [3.63, 3.8) is 0 Å². The number of para-hydroxylation sites is 1. The van der Waals surface area contributed by atoms with Crippen molar-refractivity contribution in [2.24, 2.45) is 0 Å². The summed E-state index contributed by atoms with van der Waals surface area (Å²) < 4.78 is 33.8. The third-order valence-corrected chi connectivity index (χ3v) is 6.17. The second-order valence-corrected chi connectivity index (χ2v) is 8.79. The number of rotatable bonds is 7. The minimum Gasteiger partial charge on any atom is -0.507 e. The molecule has 0 aliphatic heterocycles. The van der Waals surface area contributed by atoms with Crippen LogP contribution in [0.5, 0.6) is 17.2 Å². The van der Waals surface area contributed by atoms with E-state index >= 15 is 0 Å². The number of carboxylic acid groups (broad SMARTS) is 1. The maximum Gasteiger partial charge on any atom is 0.339 e. The lowest BCUT2D eigenvalue weighted by atomic mass is 10.1. The number of aromatic carboxylic acids is 1. The first kappa shape index (κ1) is 21.9. The third-order valence-electron chi connectivity index (χ3n) is 4.79. The fraction of sp³-hybridized carbons (Fsp3) is 0. The summed E-state index contributed by atoms with van der Waals surface area (Å²) in [5, 5.41) is 18.8. The number of hydrogen-bond acceptors (Lipinski definition) is 5. The van der Waals surface area contributed by atoms with Crippen LogP contribution in [0.1, 0.15) is 10.4 Å². The van der Waals surface area contributed by atoms with Gasteiger partial charge in [-0.25, -0.2) is 13.2 Å². The molecule has 33 heavy (non-hydrogen) atoms. The number of sulfonamides is 1. The molecule has 4 aromatic rings. The fourth-order valence-corrected chi connectivity index (χ4v) is 4.27. The second kappa shape index (κ2) is 9.05. The maximum absolute atomic E-state index is 12.8. The predicted octanol–water partition coefficient (Wildman–Crippen LogP) is 5.35.